The van der Waals surface area contributed by atoms with E-state index in [0.717, 1.165) is 5.56 Å². The predicted molar refractivity (Wildman–Crippen MR) is 123 cm³/mol. The Labute approximate surface area is 192 Å². The second kappa shape index (κ2) is 9.60. The largest absolute Gasteiger partial charge is 0.486 e. The molecule has 160 valence electrons. The van der Waals surface area contributed by atoms with Gasteiger partial charge in [-0.25, -0.2) is 4.98 Å². The number of carbonyl (C=O) groups is 1. The number of aromatic nitrogens is 1. The molecule has 3 N–H and O–H groups in total. The van der Waals surface area contributed by atoms with Crippen molar-refractivity contribution in [3.05, 3.63) is 46.2 Å². The Kier molecular flexibility index (Phi) is 6.45. The van der Waals surface area contributed by atoms with Crippen molar-refractivity contribution in [1.82, 2.24) is 4.98 Å². The fourth-order valence-electron chi connectivity index (χ4n) is 3.18. The van der Waals surface area contributed by atoms with Crippen molar-refractivity contribution >= 4 is 40.5 Å². The minimum Gasteiger partial charge on any atom is -0.486 e. The van der Waals surface area contributed by atoms with E-state index in [1.807, 2.05) is 16.8 Å². The van der Waals surface area contributed by atoms with Crippen LogP contribution in [0.5, 0.6) is 11.5 Å². The Balaban J connectivity index is 1.46. The van der Waals surface area contributed by atoms with Gasteiger partial charge in [0.15, 0.2) is 11.5 Å². The van der Waals surface area contributed by atoms with Crippen molar-refractivity contribution < 1.29 is 14.3 Å². The number of nitriles is 2. The number of nitrogen functional groups attached to an aromatic ring is 1. The molecule has 0 spiro atoms. The van der Waals surface area contributed by atoms with Gasteiger partial charge in [-0.05, 0) is 34.5 Å². The van der Waals surface area contributed by atoms with Crippen molar-refractivity contribution in [3.8, 4) is 34.8 Å². The minimum atomic E-state index is -0.188. The van der Waals surface area contributed by atoms with Crippen LogP contribution in [0.4, 0.5) is 11.5 Å². The number of thiophene rings is 1. The predicted octanol–water partition coefficient (Wildman–Crippen LogP) is 4.03. The van der Waals surface area contributed by atoms with Gasteiger partial charge in [-0.15, -0.1) is 11.8 Å². The fourth-order valence-corrected chi connectivity index (χ4v) is 4.77. The topological polar surface area (TPSA) is 134 Å². The molecule has 0 aliphatic carbocycles. The third kappa shape index (κ3) is 4.47. The van der Waals surface area contributed by atoms with Crippen molar-refractivity contribution in [3.63, 3.8) is 0 Å². The summed E-state index contributed by atoms with van der Waals surface area (Å²) in [6.45, 7) is 0.971. The number of hydrogen-bond acceptors (Lipinski definition) is 9. The highest BCUT2D eigenvalue weighted by molar-refractivity contribution is 7.99. The number of nitrogens with zero attached hydrogens (tertiary/aromatic N) is 3. The maximum atomic E-state index is 12.4. The molecule has 0 bridgehead atoms. The van der Waals surface area contributed by atoms with Gasteiger partial charge in [0.05, 0.1) is 5.56 Å². The number of amides is 1. The number of rotatable bonds is 6. The Morgan fingerprint density at radius 1 is 1.19 bits per heavy atom. The van der Waals surface area contributed by atoms with Crippen LogP contribution in [0, 0.1) is 22.7 Å². The molecule has 8 nitrogen and oxygen atoms in total. The lowest BCUT2D eigenvalue weighted by molar-refractivity contribution is -0.115. The highest BCUT2D eigenvalue weighted by atomic mass is 32.2. The summed E-state index contributed by atoms with van der Waals surface area (Å²) < 4.78 is 11.0. The van der Waals surface area contributed by atoms with Crippen molar-refractivity contribution in [1.29, 1.82) is 10.5 Å². The second-order valence-corrected chi connectivity index (χ2v) is 8.53. The summed E-state index contributed by atoms with van der Waals surface area (Å²) in [6.07, 6.45) is 0.194. The van der Waals surface area contributed by atoms with Crippen LogP contribution in [0.2, 0.25) is 0 Å². The molecule has 0 atom stereocenters. The molecule has 2 aromatic heterocycles. The molecule has 10 heteroatoms. The van der Waals surface area contributed by atoms with Crippen molar-refractivity contribution in [2.24, 2.45) is 0 Å². The SMILES string of the molecule is N#Cc1c(N)nc(SCCC(=O)Nc2ccc3c(c2)OCCO3)c(C#N)c1-c1ccsc1. The molecule has 0 fully saturated rings. The van der Waals surface area contributed by atoms with Gasteiger partial charge in [0, 0.05) is 29.5 Å². The first-order valence-corrected chi connectivity index (χ1v) is 11.5. The number of fused-ring (bicyclic) bond motifs is 1. The molecular formula is C22H17N5O3S2. The lowest BCUT2D eigenvalue weighted by Crippen LogP contribution is -2.16. The first-order valence-electron chi connectivity index (χ1n) is 9.59. The molecule has 0 unspecified atom stereocenters. The van der Waals surface area contributed by atoms with Gasteiger partial charge in [-0.2, -0.15) is 21.9 Å². The van der Waals surface area contributed by atoms with Gasteiger partial charge < -0.3 is 20.5 Å². The van der Waals surface area contributed by atoms with Gasteiger partial charge in [-0.3, -0.25) is 4.79 Å². The second-order valence-electron chi connectivity index (χ2n) is 6.67. The molecule has 0 saturated carbocycles. The van der Waals surface area contributed by atoms with Gasteiger partial charge in [-0.1, -0.05) is 0 Å². The molecule has 4 rings (SSSR count). The monoisotopic (exact) mass is 463 g/mol. The van der Waals surface area contributed by atoms with Crippen LogP contribution in [-0.2, 0) is 4.79 Å². The smallest absolute Gasteiger partial charge is 0.225 e. The first-order chi connectivity index (χ1) is 15.6. The van der Waals surface area contributed by atoms with Crippen LogP contribution < -0.4 is 20.5 Å². The normalized spacial score (nSPS) is 11.9. The van der Waals surface area contributed by atoms with Gasteiger partial charge in [0.25, 0.3) is 0 Å². The van der Waals surface area contributed by atoms with E-state index in [2.05, 4.69) is 22.4 Å². The Bertz CT molecular complexity index is 1250. The number of thioether (sulfide) groups is 1. The number of ether oxygens (including phenoxy) is 2. The standard InChI is InChI=1S/C22H17N5O3S2/c23-10-15-20(13-3-7-31-12-13)16(11-24)22(27-21(15)25)32-8-4-19(28)26-14-1-2-17-18(9-14)30-6-5-29-17/h1-3,7,9,12H,4-6,8H2,(H2,25,27)(H,26,28). The molecule has 1 amide bonds. The highest BCUT2D eigenvalue weighted by Gasteiger charge is 2.21. The number of carbonyl (C=O) groups excluding carboxylic acids is 1. The average molecular weight is 464 g/mol. The maximum absolute atomic E-state index is 12.4. The maximum Gasteiger partial charge on any atom is 0.225 e. The Morgan fingerprint density at radius 3 is 2.69 bits per heavy atom. The number of pyridine rings is 1. The quantitative estimate of drug-likeness (QED) is 0.523. The molecule has 1 aliphatic rings. The van der Waals surface area contributed by atoms with E-state index in [4.69, 9.17) is 15.2 Å². The molecular weight excluding hydrogens is 446 g/mol. The van der Waals surface area contributed by atoms with E-state index in [1.165, 1.54) is 23.1 Å². The van der Waals surface area contributed by atoms with Crippen LogP contribution in [0.1, 0.15) is 17.5 Å². The van der Waals surface area contributed by atoms with E-state index < -0.39 is 0 Å². The van der Waals surface area contributed by atoms with Gasteiger partial charge in [0.2, 0.25) is 5.91 Å². The Morgan fingerprint density at radius 2 is 1.97 bits per heavy atom. The molecule has 1 aliphatic heterocycles. The lowest BCUT2D eigenvalue weighted by Gasteiger charge is -2.19. The van der Waals surface area contributed by atoms with Crippen LogP contribution in [0.3, 0.4) is 0 Å². The molecule has 0 radical (unpaired) electrons. The van der Waals surface area contributed by atoms with E-state index >= 15 is 0 Å². The van der Waals surface area contributed by atoms with Crippen molar-refractivity contribution in [2.75, 3.05) is 30.0 Å². The van der Waals surface area contributed by atoms with Gasteiger partial charge in [0.1, 0.15) is 41.8 Å². The van der Waals surface area contributed by atoms with Crippen LogP contribution >= 0.6 is 23.1 Å². The van der Waals surface area contributed by atoms with Crippen molar-refractivity contribution in [2.45, 2.75) is 11.4 Å². The molecule has 1 aromatic carbocycles. The number of nitrogens with two attached hydrogens (primary N) is 1. The summed E-state index contributed by atoms with van der Waals surface area (Å²) in [4.78, 5) is 16.6. The highest BCUT2D eigenvalue weighted by Crippen LogP contribution is 2.37. The number of nitrogens with one attached hydrogen (secondary N) is 1. The van der Waals surface area contributed by atoms with Crippen LogP contribution in [0.15, 0.2) is 40.1 Å². The molecule has 32 heavy (non-hydrogen) atoms. The minimum absolute atomic E-state index is 0.0657. The van der Waals surface area contributed by atoms with E-state index in [1.54, 1.807) is 18.2 Å². The van der Waals surface area contributed by atoms with Gasteiger partial charge >= 0.3 is 0 Å². The molecule has 3 heterocycles. The lowest BCUT2D eigenvalue weighted by atomic mass is 9.99. The summed E-state index contributed by atoms with van der Waals surface area (Å²) in [5.74, 6) is 1.51. The van der Waals surface area contributed by atoms with E-state index in [-0.39, 0.29) is 29.3 Å². The molecule has 3 aromatic rings. The van der Waals surface area contributed by atoms with Crippen LogP contribution in [-0.4, -0.2) is 29.9 Å². The number of benzene rings is 1. The van der Waals surface area contributed by atoms with E-state index in [0.29, 0.717) is 46.7 Å². The zero-order valence-electron chi connectivity index (χ0n) is 16.8. The van der Waals surface area contributed by atoms with Crippen LogP contribution in [0.25, 0.3) is 11.1 Å². The zero-order chi connectivity index (χ0) is 22.5. The summed E-state index contributed by atoms with van der Waals surface area (Å²) in [5, 5.41) is 26.2. The third-order valence-corrected chi connectivity index (χ3v) is 6.28. The third-order valence-electron chi connectivity index (χ3n) is 4.62. The summed E-state index contributed by atoms with van der Waals surface area (Å²) in [6, 6.07) is 11.3. The summed E-state index contributed by atoms with van der Waals surface area (Å²) in [7, 11) is 0. The number of anilines is 2. The summed E-state index contributed by atoms with van der Waals surface area (Å²) >= 11 is 2.71. The number of hydrogen-bond donors (Lipinski definition) is 2. The summed E-state index contributed by atoms with van der Waals surface area (Å²) in [5.41, 5.74) is 8.30. The fraction of sp³-hybridized carbons (Fsp3) is 0.182. The zero-order valence-corrected chi connectivity index (χ0v) is 18.4. The average Bonchev–Trinajstić information content (AvgIpc) is 3.33. The Hall–Kier alpha value is -3.73. The van der Waals surface area contributed by atoms with E-state index in [9.17, 15) is 15.3 Å². The first kappa shape index (κ1) is 21.5. The molecule has 0 saturated heterocycles.